The molecule has 0 saturated heterocycles. The third-order valence-electron chi connectivity index (χ3n) is 3.75. The molecular formula is C16H18N2O4. The minimum Gasteiger partial charge on any atom is -0.479 e. The molecule has 1 heterocycles. The third kappa shape index (κ3) is 2.59. The maximum atomic E-state index is 12.5. The van der Waals surface area contributed by atoms with Gasteiger partial charge in [0.25, 0.3) is 5.91 Å². The van der Waals surface area contributed by atoms with Gasteiger partial charge in [-0.15, -0.1) is 0 Å². The standard InChI is InChI=1S/C16H18N2O4/c1-4-16(15(20)21,12-8-6-5-7-9-12)17-14(19)13-10(2)18-22-11(13)3/h5-9H,4H2,1-3H3,(H,17,19)(H,20,21). The van der Waals surface area contributed by atoms with Crippen LogP contribution >= 0.6 is 0 Å². The van der Waals surface area contributed by atoms with Crippen LogP contribution in [0, 0.1) is 13.8 Å². The lowest BCUT2D eigenvalue weighted by atomic mass is 9.86. The first kappa shape index (κ1) is 15.8. The summed E-state index contributed by atoms with van der Waals surface area (Å²) in [5.41, 5.74) is -0.271. The molecule has 22 heavy (non-hydrogen) atoms. The van der Waals surface area contributed by atoms with Crippen molar-refractivity contribution in [2.45, 2.75) is 32.7 Å². The smallest absolute Gasteiger partial charge is 0.334 e. The van der Waals surface area contributed by atoms with Crippen molar-refractivity contribution in [3.8, 4) is 0 Å². The second-order valence-electron chi connectivity index (χ2n) is 5.08. The molecule has 116 valence electrons. The molecule has 1 aromatic heterocycles. The molecule has 2 rings (SSSR count). The van der Waals surface area contributed by atoms with Gasteiger partial charge in [-0.2, -0.15) is 0 Å². The van der Waals surface area contributed by atoms with Crippen LogP contribution in [-0.4, -0.2) is 22.1 Å². The Morgan fingerprint density at radius 3 is 2.36 bits per heavy atom. The molecule has 1 amide bonds. The lowest BCUT2D eigenvalue weighted by Gasteiger charge is -2.30. The van der Waals surface area contributed by atoms with Gasteiger partial charge in [0.15, 0.2) is 5.54 Å². The quantitative estimate of drug-likeness (QED) is 0.884. The zero-order valence-corrected chi connectivity index (χ0v) is 12.7. The summed E-state index contributed by atoms with van der Waals surface area (Å²) in [5.74, 6) is -1.26. The maximum absolute atomic E-state index is 12.5. The van der Waals surface area contributed by atoms with Crippen LogP contribution in [-0.2, 0) is 10.3 Å². The Labute approximate surface area is 128 Å². The fourth-order valence-corrected chi connectivity index (χ4v) is 2.48. The minimum atomic E-state index is -1.49. The first-order chi connectivity index (χ1) is 10.4. The van der Waals surface area contributed by atoms with Crippen molar-refractivity contribution in [2.24, 2.45) is 0 Å². The Balaban J connectivity index is 2.44. The van der Waals surface area contributed by atoms with E-state index in [-0.39, 0.29) is 12.0 Å². The summed E-state index contributed by atoms with van der Waals surface area (Å²) in [7, 11) is 0. The van der Waals surface area contributed by atoms with E-state index in [1.54, 1.807) is 51.1 Å². The van der Waals surface area contributed by atoms with Gasteiger partial charge in [-0.1, -0.05) is 42.4 Å². The molecular weight excluding hydrogens is 284 g/mol. The van der Waals surface area contributed by atoms with E-state index < -0.39 is 17.4 Å². The Bertz CT molecular complexity index is 674. The van der Waals surface area contributed by atoms with Gasteiger partial charge in [0, 0.05) is 0 Å². The Hall–Kier alpha value is -2.63. The van der Waals surface area contributed by atoms with Crippen LogP contribution in [0.4, 0.5) is 0 Å². The molecule has 0 fully saturated rings. The van der Waals surface area contributed by atoms with Gasteiger partial charge in [-0.25, -0.2) is 4.79 Å². The molecule has 6 heteroatoms. The van der Waals surface area contributed by atoms with E-state index >= 15 is 0 Å². The Morgan fingerprint density at radius 1 is 1.27 bits per heavy atom. The van der Waals surface area contributed by atoms with Gasteiger partial charge in [0.1, 0.15) is 11.3 Å². The van der Waals surface area contributed by atoms with E-state index in [4.69, 9.17) is 4.52 Å². The monoisotopic (exact) mass is 302 g/mol. The second kappa shape index (κ2) is 6.01. The van der Waals surface area contributed by atoms with Gasteiger partial charge in [0.2, 0.25) is 0 Å². The Kier molecular flexibility index (Phi) is 4.30. The molecule has 2 aromatic rings. The van der Waals surface area contributed by atoms with Crippen LogP contribution in [0.1, 0.15) is 40.7 Å². The van der Waals surface area contributed by atoms with Crippen molar-refractivity contribution < 1.29 is 19.2 Å². The van der Waals surface area contributed by atoms with Crippen LogP contribution in [0.3, 0.4) is 0 Å². The topological polar surface area (TPSA) is 92.4 Å². The number of aryl methyl sites for hydroxylation is 2. The average Bonchev–Trinajstić information content (AvgIpc) is 2.84. The average molecular weight is 302 g/mol. The molecule has 0 aliphatic rings. The molecule has 0 bridgehead atoms. The van der Waals surface area contributed by atoms with Crippen LogP contribution < -0.4 is 5.32 Å². The first-order valence-electron chi connectivity index (χ1n) is 6.96. The fraction of sp³-hybridized carbons (Fsp3) is 0.312. The van der Waals surface area contributed by atoms with E-state index in [0.29, 0.717) is 17.0 Å². The molecule has 6 nitrogen and oxygen atoms in total. The van der Waals surface area contributed by atoms with Crippen molar-refractivity contribution in [1.82, 2.24) is 10.5 Å². The van der Waals surface area contributed by atoms with Crippen molar-refractivity contribution in [2.75, 3.05) is 0 Å². The van der Waals surface area contributed by atoms with Crippen molar-refractivity contribution in [1.29, 1.82) is 0 Å². The molecule has 1 aromatic carbocycles. The van der Waals surface area contributed by atoms with E-state index in [9.17, 15) is 14.7 Å². The van der Waals surface area contributed by atoms with E-state index in [1.807, 2.05) is 0 Å². The lowest BCUT2D eigenvalue weighted by Crippen LogP contribution is -2.51. The fourth-order valence-electron chi connectivity index (χ4n) is 2.48. The van der Waals surface area contributed by atoms with Crippen molar-refractivity contribution in [3.05, 3.63) is 52.9 Å². The number of carbonyl (C=O) groups is 2. The number of amides is 1. The highest BCUT2D eigenvalue weighted by Gasteiger charge is 2.41. The molecule has 0 aliphatic carbocycles. The molecule has 0 spiro atoms. The summed E-state index contributed by atoms with van der Waals surface area (Å²) in [5, 5.41) is 16.1. The molecule has 2 N–H and O–H groups in total. The number of rotatable bonds is 5. The second-order valence-corrected chi connectivity index (χ2v) is 5.08. The SMILES string of the molecule is CCC(NC(=O)c1c(C)noc1C)(C(=O)O)c1ccccc1. The van der Waals surface area contributed by atoms with Gasteiger partial charge in [-0.05, 0) is 25.8 Å². The molecule has 1 unspecified atom stereocenters. The van der Waals surface area contributed by atoms with E-state index in [0.717, 1.165) is 0 Å². The summed E-state index contributed by atoms with van der Waals surface area (Å²) in [6, 6.07) is 8.65. The highest BCUT2D eigenvalue weighted by Crippen LogP contribution is 2.27. The highest BCUT2D eigenvalue weighted by molar-refractivity contribution is 5.99. The summed E-state index contributed by atoms with van der Waals surface area (Å²) >= 11 is 0. The number of benzene rings is 1. The molecule has 1 atom stereocenters. The van der Waals surface area contributed by atoms with Crippen molar-refractivity contribution >= 4 is 11.9 Å². The van der Waals surface area contributed by atoms with Crippen LogP contribution in [0.25, 0.3) is 0 Å². The van der Waals surface area contributed by atoms with Gasteiger partial charge in [0.05, 0.1) is 5.69 Å². The van der Waals surface area contributed by atoms with Crippen LogP contribution in [0.15, 0.2) is 34.9 Å². The van der Waals surface area contributed by atoms with Crippen LogP contribution in [0.2, 0.25) is 0 Å². The normalized spacial score (nSPS) is 13.4. The number of carboxylic acids is 1. The van der Waals surface area contributed by atoms with E-state index in [2.05, 4.69) is 10.5 Å². The zero-order chi connectivity index (χ0) is 16.3. The van der Waals surface area contributed by atoms with Gasteiger partial charge < -0.3 is 14.9 Å². The predicted octanol–water partition coefficient (Wildman–Crippen LogP) is 2.41. The number of carbonyl (C=O) groups excluding carboxylic acids is 1. The zero-order valence-electron chi connectivity index (χ0n) is 12.7. The number of aliphatic carboxylic acids is 1. The largest absolute Gasteiger partial charge is 0.479 e. The summed E-state index contributed by atoms with van der Waals surface area (Å²) in [4.78, 5) is 24.4. The molecule has 0 radical (unpaired) electrons. The van der Waals surface area contributed by atoms with Gasteiger partial charge >= 0.3 is 5.97 Å². The Morgan fingerprint density at radius 2 is 1.91 bits per heavy atom. The van der Waals surface area contributed by atoms with Gasteiger partial charge in [-0.3, -0.25) is 4.79 Å². The molecule has 0 saturated carbocycles. The number of nitrogens with zero attached hydrogens (tertiary/aromatic N) is 1. The predicted molar refractivity (Wildman–Crippen MR) is 79.5 cm³/mol. The summed E-state index contributed by atoms with van der Waals surface area (Å²) in [6.45, 7) is 4.98. The molecule has 0 aliphatic heterocycles. The summed E-state index contributed by atoms with van der Waals surface area (Å²) in [6.07, 6.45) is 0.210. The number of carboxylic acid groups (broad SMARTS) is 1. The lowest BCUT2D eigenvalue weighted by molar-refractivity contribution is -0.145. The number of nitrogens with one attached hydrogen (secondary N) is 1. The maximum Gasteiger partial charge on any atom is 0.334 e. The van der Waals surface area contributed by atoms with E-state index in [1.165, 1.54) is 0 Å². The number of hydrogen-bond acceptors (Lipinski definition) is 4. The first-order valence-corrected chi connectivity index (χ1v) is 6.96. The van der Waals surface area contributed by atoms with Crippen molar-refractivity contribution in [3.63, 3.8) is 0 Å². The van der Waals surface area contributed by atoms with Crippen LogP contribution in [0.5, 0.6) is 0 Å². The minimum absolute atomic E-state index is 0.210. The summed E-state index contributed by atoms with van der Waals surface area (Å²) < 4.78 is 4.97. The number of aromatic nitrogens is 1. The third-order valence-corrected chi connectivity index (χ3v) is 3.75. The number of hydrogen-bond donors (Lipinski definition) is 2. The highest BCUT2D eigenvalue weighted by atomic mass is 16.5.